The van der Waals surface area contributed by atoms with Gasteiger partial charge in [-0.3, -0.25) is 4.79 Å². The van der Waals surface area contributed by atoms with Crippen LogP contribution in [0, 0.1) is 6.92 Å². The Hall–Kier alpha value is -2.69. The van der Waals surface area contributed by atoms with Gasteiger partial charge in [0.1, 0.15) is 5.75 Å². The maximum atomic E-state index is 12.8. The Balaban J connectivity index is 2.09. The first kappa shape index (κ1) is 21.6. The average molecular weight is 386 g/mol. The zero-order valence-corrected chi connectivity index (χ0v) is 17.5. The molecule has 152 valence electrons. The molecule has 0 aliphatic heterocycles. The molecule has 5 heteroatoms. The van der Waals surface area contributed by atoms with Crippen LogP contribution >= 0.6 is 0 Å². The van der Waals surface area contributed by atoms with E-state index in [1.165, 1.54) is 0 Å². The summed E-state index contributed by atoms with van der Waals surface area (Å²) in [6, 6.07) is 13.3. The molecule has 5 nitrogen and oxygen atoms in total. The van der Waals surface area contributed by atoms with Crippen LogP contribution in [0.1, 0.15) is 51.3 Å². The topological polar surface area (TPSA) is 56.8 Å². The van der Waals surface area contributed by atoms with E-state index in [0.29, 0.717) is 31.1 Å². The Bertz CT molecular complexity index is 775. The Morgan fingerprint density at radius 1 is 0.964 bits per heavy atom. The summed E-state index contributed by atoms with van der Waals surface area (Å²) < 4.78 is 17.2. The molecule has 2 rings (SSSR count). The Morgan fingerprint density at radius 3 is 2.29 bits per heavy atom. The van der Waals surface area contributed by atoms with E-state index in [0.717, 1.165) is 16.9 Å². The Kier molecular flexibility index (Phi) is 8.18. The van der Waals surface area contributed by atoms with E-state index in [-0.39, 0.29) is 11.9 Å². The molecule has 0 aromatic heterocycles. The fourth-order valence-corrected chi connectivity index (χ4v) is 2.89. The second-order valence-electron chi connectivity index (χ2n) is 6.58. The van der Waals surface area contributed by atoms with E-state index in [1.54, 1.807) is 0 Å². The fraction of sp³-hybridized carbons (Fsp3) is 0.435. The number of carbonyl (C=O) groups is 1. The van der Waals surface area contributed by atoms with Crippen LogP contribution in [0.15, 0.2) is 42.5 Å². The van der Waals surface area contributed by atoms with Gasteiger partial charge in [-0.05, 0) is 63.4 Å². The lowest BCUT2D eigenvalue weighted by Gasteiger charge is -2.22. The molecular formula is C23H31NO4. The number of para-hydroxylation sites is 1. The molecule has 0 saturated carbocycles. The lowest BCUT2D eigenvalue weighted by Crippen LogP contribution is -2.39. The van der Waals surface area contributed by atoms with Crippen molar-refractivity contribution < 1.29 is 19.0 Å². The molecule has 0 radical (unpaired) electrons. The fourth-order valence-electron chi connectivity index (χ4n) is 2.89. The van der Waals surface area contributed by atoms with Crippen LogP contribution in [0.25, 0.3) is 0 Å². The largest absolute Gasteiger partial charge is 0.490 e. The predicted octanol–water partition coefficient (Wildman–Crippen LogP) is 4.83. The molecule has 28 heavy (non-hydrogen) atoms. The Labute approximate surface area is 168 Å². The SMILES string of the molecule is CCOc1ccc([C@H](C)NC(=O)[C@@H](CC)Oc2ccccc2C)cc1OCC. The molecule has 0 spiro atoms. The van der Waals surface area contributed by atoms with E-state index in [2.05, 4.69) is 5.32 Å². The van der Waals surface area contributed by atoms with Crippen molar-refractivity contribution >= 4 is 5.91 Å². The third-order valence-electron chi connectivity index (χ3n) is 4.45. The maximum Gasteiger partial charge on any atom is 0.261 e. The van der Waals surface area contributed by atoms with Crippen LogP contribution in [-0.2, 0) is 4.79 Å². The van der Waals surface area contributed by atoms with E-state index >= 15 is 0 Å². The van der Waals surface area contributed by atoms with Crippen molar-refractivity contribution in [3.63, 3.8) is 0 Å². The van der Waals surface area contributed by atoms with Crippen molar-refractivity contribution in [1.82, 2.24) is 5.32 Å². The minimum Gasteiger partial charge on any atom is -0.490 e. The summed E-state index contributed by atoms with van der Waals surface area (Å²) in [4.78, 5) is 12.8. The summed E-state index contributed by atoms with van der Waals surface area (Å²) in [5.41, 5.74) is 1.96. The first-order chi connectivity index (χ1) is 13.5. The van der Waals surface area contributed by atoms with Crippen LogP contribution < -0.4 is 19.5 Å². The molecule has 2 aromatic rings. The van der Waals surface area contributed by atoms with Crippen LogP contribution in [0.4, 0.5) is 0 Å². The first-order valence-electron chi connectivity index (χ1n) is 9.92. The summed E-state index contributed by atoms with van der Waals surface area (Å²) >= 11 is 0. The number of carbonyl (C=O) groups excluding carboxylic acids is 1. The number of rotatable bonds is 10. The van der Waals surface area contributed by atoms with Gasteiger partial charge in [0.2, 0.25) is 0 Å². The van der Waals surface area contributed by atoms with E-state index < -0.39 is 6.10 Å². The van der Waals surface area contributed by atoms with Gasteiger partial charge in [0, 0.05) is 0 Å². The molecule has 0 aliphatic carbocycles. The minimum absolute atomic E-state index is 0.134. The number of amides is 1. The quantitative estimate of drug-likeness (QED) is 0.637. The van der Waals surface area contributed by atoms with Gasteiger partial charge in [-0.15, -0.1) is 0 Å². The zero-order chi connectivity index (χ0) is 20.5. The molecule has 0 unspecified atom stereocenters. The molecule has 2 aromatic carbocycles. The summed E-state index contributed by atoms with van der Waals surface area (Å²) in [5.74, 6) is 1.99. The molecule has 0 aliphatic rings. The predicted molar refractivity (Wildman–Crippen MR) is 111 cm³/mol. The third kappa shape index (κ3) is 5.65. The first-order valence-corrected chi connectivity index (χ1v) is 9.92. The molecular weight excluding hydrogens is 354 g/mol. The highest BCUT2D eigenvalue weighted by Gasteiger charge is 2.22. The van der Waals surface area contributed by atoms with Gasteiger partial charge in [-0.25, -0.2) is 0 Å². The van der Waals surface area contributed by atoms with Crippen molar-refractivity contribution in [2.45, 2.75) is 53.2 Å². The normalized spacial score (nSPS) is 12.8. The number of ether oxygens (including phenoxy) is 3. The standard InChI is InChI=1S/C23H31NO4/c1-6-19(28-20-12-10-9-11-16(20)4)23(25)24-17(5)18-13-14-21(26-7-2)22(15-18)27-8-3/h9-15,17,19H,6-8H2,1-5H3,(H,24,25)/t17-,19+/m0/s1. The number of aryl methyl sites for hydroxylation is 1. The van der Waals surface area contributed by atoms with Crippen molar-refractivity contribution in [3.8, 4) is 17.2 Å². The average Bonchev–Trinajstić information content (AvgIpc) is 2.68. The van der Waals surface area contributed by atoms with Crippen molar-refractivity contribution in [3.05, 3.63) is 53.6 Å². The summed E-state index contributed by atoms with van der Waals surface area (Å²) in [5, 5.41) is 3.05. The number of hydrogen-bond donors (Lipinski definition) is 1. The highest BCUT2D eigenvalue weighted by Crippen LogP contribution is 2.31. The molecule has 0 saturated heterocycles. The molecule has 2 atom stereocenters. The van der Waals surface area contributed by atoms with Gasteiger partial charge < -0.3 is 19.5 Å². The van der Waals surface area contributed by atoms with E-state index in [9.17, 15) is 4.79 Å². The van der Waals surface area contributed by atoms with E-state index in [4.69, 9.17) is 14.2 Å². The smallest absolute Gasteiger partial charge is 0.261 e. The molecule has 0 heterocycles. The van der Waals surface area contributed by atoms with Crippen LogP contribution in [0.3, 0.4) is 0 Å². The lowest BCUT2D eigenvalue weighted by atomic mass is 10.1. The van der Waals surface area contributed by atoms with Gasteiger partial charge in [0.25, 0.3) is 5.91 Å². The number of benzene rings is 2. The van der Waals surface area contributed by atoms with Gasteiger partial charge in [0.15, 0.2) is 17.6 Å². The van der Waals surface area contributed by atoms with Gasteiger partial charge in [-0.1, -0.05) is 31.2 Å². The Morgan fingerprint density at radius 2 is 1.64 bits per heavy atom. The molecule has 0 bridgehead atoms. The van der Waals surface area contributed by atoms with Gasteiger partial charge in [-0.2, -0.15) is 0 Å². The minimum atomic E-state index is -0.544. The third-order valence-corrected chi connectivity index (χ3v) is 4.45. The van der Waals surface area contributed by atoms with Gasteiger partial charge in [0.05, 0.1) is 19.3 Å². The van der Waals surface area contributed by atoms with Crippen LogP contribution in [0.5, 0.6) is 17.2 Å². The van der Waals surface area contributed by atoms with Crippen LogP contribution in [0.2, 0.25) is 0 Å². The lowest BCUT2D eigenvalue weighted by molar-refractivity contribution is -0.128. The molecule has 1 amide bonds. The van der Waals surface area contributed by atoms with Crippen molar-refractivity contribution in [1.29, 1.82) is 0 Å². The molecule has 1 N–H and O–H groups in total. The summed E-state index contributed by atoms with van der Waals surface area (Å²) in [6.07, 6.45) is 0.0398. The highest BCUT2D eigenvalue weighted by molar-refractivity contribution is 5.81. The van der Waals surface area contributed by atoms with Crippen LogP contribution in [-0.4, -0.2) is 25.2 Å². The van der Waals surface area contributed by atoms with Gasteiger partial charge >= 0.3 is 0 Å². The van der Waals surface area contributed by atoms with Crippen molar-refractivity contribution in [2.24, 2.45) is 0 Å². The number of hydrogen-bond acceptors (Lipinski definition) is 4. The van der Waals surface area contributed by atoms with Crippen molar-refractivity contribution in [2.75, 3.05) is 13.2 Å². The van der Waals surface area contributed by atoms with E-state index in [1.807, 2.05) is 77.1 Å². The monoisotopic (exact) mass is 385 g/mol. The summed E-state index contributed by atoms with van der Waals surface area (Å²) in [6.45, 7) is 10.8. The number of nitrogens with one attached hydrogen (secondary N) is 1. The second kappa shape index (κ2) is 10.6. The highest BCUT2D eigenvalue weighted by atomic mass is 16.5. The maximum absolute atomic E-state index is 12.8. The summed E-state index contributed by atoms with van der Waals surface area (Å²) in [7, 11) is 0. The zero-order valence-electron chi connectivity index (χ0n) is 17.5. The second-order valence-corrected chi connectivity index (χ2v) is 6.58. The molecule has 0 fully saturated rings.